The molecule has 2 rings (SSSR count). The molecule has 1 nitrogen and oxygen atoms in total. The highest BCUT2D eigenvalue weighted by Gasteiger charge is 2.15. The van der Waals surface area contributed by atoms with Crippen molar-refractivity contribution in [2.24, 2.45) is 0 Å². The second-order valence-corrected chi connectivity index (χ2v) is 5.23. The molecule has 15 heavy (non-hydrogen) atoms. The summed E-state index contributed by atoms with van der Waals surface area (Å²) in [6, 6.07) is 4.34. The largest absolute Gasteiger partial charge is 0.259 e. The molecule has 0 aliphatic carbocycles. The minimum absolute atomic E-state index is 0.149. The maximum absolute atomic E-state index is 4.46. The molecule has 0 saturated heterocycles. The summed E-state index contributed by atoms with van der Waals surface area (Å²) >= 11 is 1.74. The number of hydrogen-bond donors (Lipinski definition) is 0. The summed E-state index contributed by atoms with van der Waals surface area (Å²) < 4.78 is 1.27. The molecule has 0 spiro atoms. The van der Waals surface area contributed by atoms with Gasteiger partial charge in [0.2, 0.25) is 0 Å². The van der Waals surface area contributed by atoms with Crippen molar-refractivity contribution < 1.29 is 0 Å². The first kappa shape index (κ1) is 12.2. The normalized spacial score (nSPS) is 11.0. The number of pyridine rings is 1. The Morgan fingerprint density at radius 1 is 1.20 bits per heavy atom. The van der Waals surface area contributed by atoms with Gasteiger partial charge in [0, 0.05) is 17.3 Å². The molecule has 82 valence electrons. The summed E-state index contributed by atoms with van der Waals surface area (Å²) in [6.07, 6.45) is 1.97. The van der Waals surface area contributed by atoms with Gasteiger partial charge in [-0.3, -0.25) is 4.98 Å². The Hall–Kier alpha value is -0.890. The summed E-state index contributed by atoms with van der Waals surface area (Å²) in [5, 5.41) is 3.42. The van der Waals surface area contributed by atoms with E-state index in [1.807, 2.05) is 20.0 Å². The van der Waals surface area contributed by atoms with Crippen molar-refractivity contribution in [1.29, 1.82) is 0 Å². The van der Waals surface area contributed by atoms with Crippen LogP contribution in [0.2, 0.25) is 0 Å². The van der Waals surface area contributed by atoms with Gasteiger partial charge in [0.05, 0.1) is 4.70 Å². The summed E-state index contributed by atoms with van der Waals surface area (Å²) in [7, 11) is 0. The first-order valence-corrected chi connectivity index (χ1v) is 6.29. The quantitative estimate of drug-likeness (QED) is 0.632. The first-order valence-electron chi connectivity index (χ1n) is 5.41. The van der Waals surface area contributed by atoms with Crippen LogP contribution < -0.4 is 0 Å². The molecule has 0 bridgehead atoms. The standard InChI is InChI=1S/C11H13NS.C2H6/c1-11(2,3)10-6-8-4-5-13-9(8)7-12-10;1-2/h4-7H,1-3H3;1-2H3. The third-order valence-electron chi connectivity index (χ3n) is 2.11. The zero-order valence-corrected chi connectivity index (χ0v) is 11.0. The van der Waals surface area contributed by atoms with Crippen LogP contribution in [0.5, 0.6) is 0 Å². The van der Waals surface area contributed by atoms with Gasteiger partial charge >= 0.3 is 0 Å². The molecule has 2 aromatic heterocycles. The minimum Gasteiger partial charge on any atom is -0.259 e. The Kier molecular flexibility index (Phi) is 3.86. The summed E-state index contributed by atoms with van der Waals surface area (Å²) in [5.41, 5.74) is 1.31. The highest BCUT2D eigenvalue weighted by atomic mass is 32.1. The van der Waals surface area contributed by atoms with E-state index in [4.69, 9.17) is 0 Å². The lowest BCUT2D eigenvalue weighted by Gasteiger charge is -2.17. The zero-order valence-electron chi connectivity index (χ0n) is 10.2. The van der Waals surface area contributed by atoms with Gasteiger partial charge in [-0.25, -0.2) is 0 Å². The van der Waals surface area contributed by atoms with Gasteiger partial charge in [0.25, 0.3) is 0 Å². The maximum atomic E-state index is 4.46. The van der Waals surface area contributed by atoms with Gasteiger partial charge < -0.3 is 0 Å². The van der Waals surface area contributed by atoms with Crippen LogP contribution in [0, 0.1) is 0 Å². The van der Waals surface area contributed by atoms with Crippen LogP contribution in [0.3, 0.4) is 0 Å². The molecule has 2 heteroatoms. The van der Waals surface area contributed by atoms with Gasteiger partial charge in [-0.2, -0.15) is 0 Å². The topological polar surface area (TPSA) is 12.9 Å². The van der Waals surface area contributed by atoms with E-state index in [0.717, 1.165) is 0 Å². The first-order chi connectivity index (χ1) is 7.07. The highest BCUT2D eigenvalue weighted by molar-refractivity contribution is 7.17. The van der Waals surface area contributed by atoms with E-state index < -0.39 is 0 Å². The molecule has 0 amide bonds. The lowest BCUT2D eigenvalue weighted by Crippen LogP contribution is -2.12. The van der Waals surface area contributed by atoms with Gasteiger partial charge in [-0.1, -0.05) is 34.6 Å². The summed E-state index contributed by atoms with van der Waals surface area (Å²) in [6.45, 7) is 10.6. The number of aromatic nitrogens is 1. The molecule has 0 atom stereocenters. The molecule has 2 aromatic rings. The van der Waals surface area contributed by atoms with E-state index in [1.165, 1.54) is 15.8 Å². The maximum Gasteiger partial charge on any atom is 0.0526 e. The third kappa shape index (κ3) is 2.78. The molecular formula is C13H19NS. The summed E-state index contributed by atoms with van der Waals surface area (Å²) in [5.74, 6) is 0. The van der Waals surface area contributed by atoms with Gasteiger partial charge in [0.15, 0.2) is 0 Å². The zero-order chi connectivity index (χ0) is 11.5. The van der Waals surface area contributed by atoms with Gasteiger partial charge in [-0.15, -0.1) is 11.3 Å². The van der Waals surface area contributed by atoms with Crippen LogP contribution in [0.4, 0.5) is 0 Å². The average molecular weight is 221 g/mol. The molecule has 0 unspecified atom stereocenters. The molecule has 0 aromatic carbocycles. The van der Waals surface area contributed by atoms with Crippen molar-refractivity contribution in [1.82, 2.24) is 4.98 Å². The van der Waals surface area contributed by atoms with E-state index >= 15 is 0 Å². The van der Waals surface area contributed by atoms with Crippen molar-refractivity contribution in [2.45, 2.75) is 40.0 Å². The molecule has 0 aliphatic rings. The SMILES string of the molecule is CC.CC(C)(C)c1cc2ccsc2cn1. The van der Waals surface area contributed by atoms with Crippen molar-refractivity contribution >= 4 is 21.4 Å². The molecule has 0 saturated carbocycles. The average Bonchev–Trinajstić information content (AvgIpc) is 2.66. The monoisotopic (exact) mass is 221 g/mol. The predicted molar refractivity (Wildman–Crippen MR) is 69.7 cm³/mol. The van der Waals surface area contributed by atoms with E-state index in [0.29, 0.717) is 0 Å². The van der Waals surface area contributed by atoms with E-state index in [-0.39, 0.29) is 5.41 Å². The fraction of sp³-hybridized carbons (Fsp3) is 0.462. The number of nitrogens with zero attached hydrogens (tertiary/aromatic N) is 1. The molecule has 0 radical (unpaired) electrons. The Labute approximate surface area is 96.2 Å². The van der Waals surface area contributed by atoms with E-state index in [1.54, 1.807) is 11.3 Å². The number of thiophene rings is 1. The van der Waals surface area contributed by atoms with E-state index in [2.05, 4.69) is 43.3 Å². The van der Waals surface area contributed by atoms with Gasteiger partial charge in [0.1, 0.15) is 0 Å². The second kappa shape index (κ2) is 4.75. The van der Waals surface area contributed by atoms with Crippen LogP contribution in [0.25, 0.3) is 10.1 Å². The fourth-order valence-corrected chi connectivity index (χ4v) is 2.02. The predicted octanol–water partition coefficient (Wildman–Crippen LogP) is 4.62. The number of fused-ring (bicyclic) bond motifs is 1. The Morgan fingerprint density at radius 3 is 2.47 bits per heavy atom. The molecule has 2 heterocycles. The fourth-order valence-electron chi connectivity index (χ4n) is 1.28. The van der Waals surface area contributed by atoms with Crippen molar-refractivity contribution in [3.63, 3.8) is 0 Å². The van der Waals surface area contributed by atoms with Crippen molar-refractivity contribution in [3.05, 3.63) is 29.4 Å². The Bertz CT molecular complexity index is 423. The molecule has 0 fully saturated rings. The number of rotatable bonds is 0. The smallest absolute Gasteiger partial charge is 0.0526 e. The van der Waals surface area contributed by atoms with Crippen LogP contribution in [0.15, 0.2) is 23.7 Å². The Morgan fingerprint density at radius 2 is 1.87 bits per heavy atom. The van der Waals surface area contributed by atoms with Crippen LogP contribution >= 0.6 is 11.3 Å². The molecule has 0 N–H and O–H groups in total. The van der Waals surface area contributed by atoms with Crippen molar-refractivity contribution in [3.8, 4) is 0 Å². The molecular weight excluding hydrogens is 202 g/mol. The Balaban J connectivity index is 0.000000531. The highest BCUT2D eigenvalue weighted by Crippen LogP contribution is 2.26. The number of hydrogen-bond acceptors (Lipinski definition) is 2. The minimum atomic E-state index is 0.149. The summed E-state index contributed by atoms with van der Waals surface area (Å²) in [4.78, 5) is 4.46. The van der Waals surface area contributed by atoms with Crippen LogP contribution in [-0.2, 0) is 5.41 Å². The second-order valence-electron chi connectivity index (χ2n) is 4.28. The van der Waals surface area contributed by atoms with E-state index in [9.17, 15) is 0 Å². The third-order valence-corrected chi connectivity index (χ3v) is 2.98. The molecule has 0 aliphatic heterocycles. The lowest BCUT2D eigenvalue weighted by atomic mass is 9.91. The van der Waals surface area contributed by atoms with Crippen LogP contribution in [-0.4, -0.2) is 4.98 Å². The lowest BCUT2D eigenvalue weighted by molar-refractivity contribution is 0.570. The van der Waals surface area contributed by atoms with Crippen molar-refractivity contribution in [2.75, 3.05) is 0 Å². The van der Waals surface area contributed by atoms with Crippen LogP contribution in [0.1, 0.15) is 40.3 Å². The van der Waals surface area contributed by atoms with Gasteiger partial charge in [-0.05, 0) is 22.9 Å².